The topological polar surface area (TPSA) is 49.3 Å². The first-order valence-corrected chi connectivity index (χ1v) is 7.65. The maximum absolute atomic E-state index is 12.0. The monoisotopic (exact) mass is 287 g/mol. The zero-order valence-corrected chi connectivity index (χ0v) is 13.7. The number of amides is 1. The van der Waals surface area contributed by atoms with E-state index in [4.69, 9.17) is 0 Å². The highest BCUT2D eigenvalue weighted by Crippen LogP contribution is 2.72. The summed E-state index contributed by atoms with van der Waals surface area (Å²) in [6.45, 7) is 12.7. The minimum absolute atomic E-state index is 0.0243. The number of rotatable bonds is 2. The van der Waals surface area contributed by atoms with Gasteiger partial charge in [0.1, 0.15) is 0 Å². The third-order valence-electron chi connectivity index (χ3n) is 6.32. The van der Waals surface area contributed by atoms with Crippen molar-refractivity contribution >= 4 is 11.6 Å². The van der Waals surface area contributed by atoms with Crippen molar-refractivity contribution in [2.24, 2.45) is 16.7 Å². The Labute approximate surface area is 126 Å². The van der Waals surface area contributed by atoms with E-state index in [-0.39, 0.29) is 22.7 Å². The molecule has 1 aliphatic carbocycles. The van der Waals surface area contributed by atoms with E-state index in [0.717, 1.165) is 16.8 Å². The van der Waals surface area contributed by atoms with Gasteiger partial charge in [0.2, 0.25) is 5.91 Å². The van der Waals surface area contributed by atoms with Crippen molar-refractivity contribution in [3.63, 3.8) is 0 Å². The first kappa shape index (κ1) is 14.6. The zero-order valence-electron chi connectivity index (χ0n) is 13.7. The maximum Gasteiger partial charge on any atom is 0.234 e. The number of benzene rings is 1. The molecular formula is C18H25NO2. The van der Waals surface area contributed by atoms with Crippen molar-refractivity contribution in [3.8, 4) is 0 Å². The summed E-state index contributed by atoms with van der Waals surface area (Å²) in [5.74, 6) is 0.271. The van der Waals surface area contributed by atoms with Crippen molar-refractivity contribution in [2.45, 2.75) is 53.1 Å². The number of carbonyl (C=O) groups is 1. The molecule has 1 atom stereocenters. The van der Waals surface area contributed by atoms with Gasteiger partial charge in [-0.15, -0.1) is 0 Å². The lowest BCUT2D eigenvalue weighted by molar-refractivity contribution is -0.119. The van der Waals surface area contributed by atoms with Crippen molar-refractivity contribution in [3.05, 3.63) is 29.3 Å². The highest BCUT2D eigenvalue weighted by molar-refractivity contribution is 6.05. The second-order valence-corrected chi connectivity index (χ2v) is 8.25. The van der Waals surface area contributed by atoms with E-state index in [9.17, 15) is 9.90 Å². The van der Waals surface area contributed by atoms with Gasteiger partial charge >= 0.3 is 0 Å². The summed E-state index contributed by atoms with van der Waals surface area (Å²) in [5, 5.41) is 13.7. The van der Waals surface area contributed by atoms with E-state index < -0.39 is 11.5 Å². The van der Waals surface area contributed by atoms with Crippen LogP contribution in [0.1, 0.15) is 58.8 Å². The largest absolute Gasteiger partial charge is 0.388 e. The molecule has 2 N–H and O–H groups in total. The Bertz CT molecular complexity index is 614. The van der Waals surface area contributed by atoms with E-state index in [0.29, 0.717) is 0 Å². The molecule has 1 fully saturated rings. The minimum atomic E-state index is -0.528. The molecule has 1 aromatic carbocycles. The predicted octanol–water partition coefficient (Wildman–Crippen LogP) is 3.63. The average molecular weight is 287 g/mol. The Kier molecular flexibility index (Phi) is 2.70. The fourth-order valence-corrected chi connectivity index (χ4v) is 4.00. The first-order chi connectivity index (χ1) is 9.51. The molecule has 2 aliphatic rings. The molecule has 3 heteroatoms. The molecule has 1 aliphatic heterocycles. The fourth-order valence-electron chi connectivity index (χ4n) is 4.00. The zero-order chi connectivity index (χ0) is 15.8. The summed E-state index contributed by atoms with van der Waals surface area (Å²) in [7, 11) is 0. The maximum atomic E-state index is 12.0. The molecule has 0 aromatic heterocycles. The van der Waals surface area contributed by atoms with Gasteiger partial charge in [-0.2, -0.15) is 0 Å². The molecule has 1 heterocycles. The van der Waals surface area contributed by atoms with Crippen LogP contribution < -0.4 is 5.32 Å². The van der Waals surface area contributed by atoms with Gasteiger partial charge < -0.3 is 10.4 Å². The van der Waals surface area contributed by atoms with Crippen molar-refractivity contribution in [1.82, 2.24) is 0 Å². The molecular weight excluding hydrogens is 262 g/mol. The van der Waals surface area contributed by atoms with E-state index >= 15 is 0 Å². The first-order valence-electron chi connectivity index (χ1n) is 7.65. The molecule has 1 saturated carbocycles. The Hall–Kier alpha value is -1.35. The number of carbonyl (C=O) groups excluding carboxylic acids is 1. The number of anilines is 1. The van der Waals surface area contributed by atoms with Crippen LogP contribution in [0.3, 0.4) is 0 Å². The molecule has 1 amide bonds. The molecule has 114 valence electrons. The van der Waals surface area contributed by atoms with Crippen LogP contribution in [0.2, 0.25) is 0 Å². The summed E-state index contributed by atoms with van der Waals surface area (Å²) in [4.78, 5) is 12.0. The van der Waals surface area contributed by atoms with Crippen molar-refractivity contribution in [1.29, 1.82) is 0 Å². The molecule has 3 nitrogen and oxygen atoms in total. The second kappa shape index (κ2) is 3.89. The number of aliphatic hydroxyl groups excluding tert-OH is 1. The Morgan fingerprint density at radius 1 is 1.10 bits per heavy atom. The summed E-state index contributed by atoms with van der Waals surface area (Å²) >= 11 is 0. The molecule has 1 unspecified atom stereocenters. The standard InChI is InChI=1S/C18H25NO2/c1-16(2)11-9-10(7-8-12(11)19-15(16)21)13(20)14-17(3,4)18(14,5)6/h7-9,13-14,20H,1-6H3,(H,19,21). The van der Waals surface area contributed by atoms with Gasteiger partial charge in [-0.3, -0.25) is 4.79 Å². The van der Waals surface area contributed by atoms with Gasteiger partial charge in [0.15, 0.2) is 0 Å². The molecule has 3 rings (SSSR count). The van der Waals surface area contributed by atoms with Crippen LogP contribution in [0.5, 0.6) is 0 Å². The fraction of sp³-hybridized carbons (Fsp3) is 0.611. The normalized spacial score (nSPS) is 26.1. The van der Waals surface area contributed by atoms with Crippen LogP contribution in [0.25, 0.3) is 0 Å². The van der Waals surface area contributed by atoms with Gasteiger partial charge in [0.05, 0.1) is 11.5 Å². The van der Waals surface area contributed by atoms with Gasteiger partial charge in [-0.25, -0.2) is 0 Å². The summed E-state index contributed by atoms with van der Waals surface area (Å²) in [6, 6.07) is 5.86. The summed E-state index contributed by atoms with van der Waals surface area (Å²) in [6.07, 6.45) is -0.480. The van der Waals surface area contributed by atoms with Crippen LogP contribution in [-0.4, -0.2) is 11.0 Å². The number of hydrogen-bond donors (Lipinski definition) is 2. The lowest BCUT2D eigenvalue weighted by atomic mass is 9.84. The Morgan fingerprint density at radius 3 is 2.19 bits per heavy atom. The molecule has 0 saturated heterocycles. The molecule has 0 radical (unpaired) electrons. The van der Waals surface area contributed by atoms with Crippen molar-refractivity contribution < 1.29 is 9.90 Å². The van der Waals surface area contributed by atoms with E-state index in [1.807, 2.05) is 32.0 Å². The van der Waals surface area contributed by atoms with E-state index in [1.54, 1.807) is 0 Å². The van der Waals surface area contributed by atoms with Crippen LogP contribution in [0.4, 0.5) is 5.69 Å². The Balaban J connectivity index is 1.97. The number of hydrogen-bond acceptors (Lipinski definition) is 2. The highest BCUT2D eigenvalue weighted by Gasteiger charge is 2.67. The third kappa shape index (κ3) is 1.73. The van der Waals surface area contributed by atoms with E-state index in [1.165, 1.54) is 0 Å². The molecule has 0 spiro atoms. The minimum Gasteiger partial charge on any atom is -0.388 e. The van der Waals surface area contributed by atoms with E-state index in [2.05, 4.69) is 33.0 Å². The van der Waals surface area contributed by atoms with Crippen LogP contribution in [-0.2, 0) is 10.2 Å². The average Bonchev–Trinajstić information content (AvgIpc) is 2.65. The quantitative estimate of drug-likeness (QED) is 0.872. The smallest absolute Gasteiger partial charge is 0.234 e. The second-order valence-electron chi connectivity index (χ2n) is 8.25. The lowest BCUT2D eigenvalue weighted by Crippen LogP contribution is -2.27. The van der Waals surface area contributed by atoms with Crippen molar-refractivity contribution in [2.75, 3.05) is 5.32 Å². The molecule has 0 bridgehead atoms. The predicted molar refractivity (Wildman–Crippen MR) is 84.1 cm³/mol. The summed E-state index contributed by atoms with van der Waals surface area (Å²) < 4.78 is 0. The number of nitrogens with one attached hydrogen (secondary N) is 1. The van der Waals surface area contributed by atoms with Gasteiger partial charge in [-0.05, 0) is 41.9 Å². The van der Waals surface area contributed by atoms with Gasteiger partial charge in [-0.1, -0.05) is 39.8 Å². The number of aliphatic hydroxyl groups is 1. The molecule has 21 heavy (non-hydrogen) atoms. The molecule has 1 aromatic rings. The van der Waals surface area contributed by atoms with Crippen LogP contribution in [0.15, 0.2) is 18.2 Å². The number of fused-ring (bicyclic) bond motifs is 1. The highest BCUT2D eigenvalue weighted by atomic mass is 16.3. The SMILES string of the molecule is CC1(C)C(=O)Nc2ccc(C(O)C3C(C)(C)C3(C)C)cc21. The van der Waals surface area contributed by atoms with Crippen LogP contribution >= 0.6 is 0 Å². The van der Waals surface area contributed by atoms with Gasteiger partial charge in [0.25, 0.3) is 0 Å². The third-order valence-corrected chi connectivity index (χ3v) is 6.32. The lowest BCUT2D eigenvalue weighted by Gasteiger charge is -2.18. The van der Waals surface area contributed by atoms with Gasteiger partial charge in [0, 0.05) is 11.6 Å². The summed E-state index contributed by atoms with van der Waals surface area (Å²) in [5.41, 5.74) is 2.52. The Morgan fingerprint density at radius 2 is 1.67 bits per heavy atom. The van der Waals surface area contributed by atoms with Crippen LogP contribution in [0, 0.1) is 16.7 Å².